The maximum absolute atomic E-state index is 13.9. The van der Waals surface area contributed by atoms with Gasteiger partial charge in [-0.1, -0.05) is 35.4 Å². The summed E-state index contributed by atoms with van der Waals surface area (Å²) in [6.45, 7) is 5.78. The van der Waals surface area contributed by atoms with Crippen molar-refractivity contribution in [2.24, 2.45) is 0 Å². The Balaban J connectivity index is 2.52. The van der Waals surface area contributed by atoms with Gasteiger partial charge in [-0.2, -0.15) is 0 Å². The fourth-order valence-corrected chi connectivity index (χ4v) is 2.72. The first-order chi connectivity index (χ1) is 8.90. The van der Waals surface area contributed by atoms with Gasteiger partial charge in [0.2, 0.25) is 0 Å². The summed E-state index contributed by atoms with van der Waals surface area (Å²) < 4.78 is 13.9. The van der Waals surface area contributed by atoms with Crippen molar-refractivity contribution in [3.63, 3.8) is 0 Å². The van der Waals surface area contributed by atoms with Gasteiger partial charge in [0.1, 0.15) is 5.82 Å². The summed E-state index contributed by atoms with van der Waals surface area (Å²) in [4.78, 5) is 0. The van der Waals surface area contributed by atoms with E-state index in [1.165, 1.54) is 6.07 Å². The lowest BCUT2D eigenvalue weighted by Crippen LogP contribution is -2.01. The molecule has 2 rings (SSSR count). The second kappa shape index (κ2) is 5.52. The van der Waals surface area contributed by atoms with Crippen LogP contribution in [0.25, 0.3) is 0 Å². The van der Waals surface area contributed by atoms with Gasteiger partial charge in [-0.15, -0.1) is 11.6 Å². The van der Waals surface area contributed by atoms with Crippen molar-refractivity contribution >= 4 is 23.2 Å². The van der Waals surface area contributed by atoms with Crippen molar-refractivity contribution in [1.82, 2.24) is 0 Å². The molecule has 0 aromatic heterocycles. The molecule has 100 valence electrons. The van der Waals surface area contributed by atoms with E-state index < -0.39 is 5.38 Å². The molecule has 3 heteroatoms. The lowest BCUT2D eigenvalue weighted by molar-refractivity contribution is 0.611. The van der Waals surface area contributed by atoms with Gasteiger partial charge in [-0.3, -0.25) is 0 Å². The van der Waals surface area contributed by atoms with E-state index in [1.54, 1.807) is 12.1 Å². The molecule has 19 heavy (non-hydrogen) atoms. The topological polar surface area (TPSA) is 0 Å². The number of alkyl halides is 1. The molecule has 0 aliphatic heterocycles. The average Bonchev–Trinajstić information content (AvgIpc) is 2.36. The Morgan fingerprint density at radius 1 is 0.947 bits per heavy atom. The van der Waals surface area contributed by atoms with Crippen molar-refractivity contribution in [3.05, 3.63) is 69.0 Å². The van der Waals surface area contributed by atoms with Crippen LogP contribution in [0.1, 0.15) is 33.2 Å². The first-order valence-electron chi connectivity index (χ1n) is 6.07. The fourth-order valence-electron chi connectivity index (χ4n) is 2.10. The van der Waals surface area contributed by atoms with Gasteiger partial charge >= 0.3 is 0 Å². The number of hydrogen-bond donors (Lipinski definition) is 0. The minimum absolute atomic E-state index is 0.280. The van der Waals surface area contributed by atoms with Gasteiger partial charge < -0.3 is 0 Å². The molecule has 0 spiro atoms. The van der Waals surface area contributed by atoms with Crippen LogP contribution in [0.2, 0.25) is 5.02 Å². The Morgan fingerprint density at radius 2 is 1.63 bits per heavy atom. The first kappa shape index (κ1) is 14.4. The zero-order valence-corrected chi connectivity index (χ0v) is 12.6. The summed E-state index contributed by atoms with van der Waals surface area (Å²) in [6, 6.07) is 8.78. The number of rotatable bonds is 2. The van der Waals surface area contributed by atoms with Crippen molar-refractivity contribution in [2.45, 2.75) is 26.1 Å². The molecule has 2 aromatic carbocycles. The highest BCUT2D eigenvalue weighted by Gasteiger charge is 2.18. The van der Waals surface area contributed by atoms with Gasteiger partial charge in [0.25, 0.3) is 0 Å². The molecule has 0 saturated carbocycles. The quantitative estimate of drug-likeness (QED) is 0.621. The van der Waals surface area contributed by atoms with E-state index in [1.807, 2.05) is 32.9 Å². The third-order valence-corrected chi connectivity index (χ3v) is 4.12. The molecule has 0 bridgehead atoms. The van der Waals surface area contributed by atoms with E-state index in [-0.39, 0.29) is 5.82 Å². The molecule has 0 fully saturated rings. The third kappa shape index (κ3) is 2.93. The van der Waals surface area contributed by atoms with E-state index in [4.69, 9.17) is 23.2 Å². The summed E-state index contributed by atoms with van der Waals surface area (Å²) in [6.07, 6.45) is 0. The molecule has 0 radical (unpaired) electrons. The van der Waals surface area contributed by atoms with E-state index in [2.05, 4.69) is 0 Å². The molecule has 0 aliphatic carbocycles. The summed E-state index contributed by atoms with van der Waals surface area (Å²) in [5.74, 6) is -0.280. The Kier molecular flexibility index (Phi) is 4.17. The maximum atomic E-state index is 13.9. The second-order valence-electron chi connectivity index (χ2n) is 4.85. The van der Waals surface area contributed by atoms with E-state index >= 15 is 0 Å². The van der Waals surface area contributed by atoms with Crippen LogP contribution in [-0.2, 0) is 0 Å². The van der Waals surface area contributed by atoms with Crippen LogP contribution >= 0.6 is 23.2 Å². The van der Waals surface area contributed by atoms with Gasteiger partial charge in [0.15, 0.2) is 0 Å². The SMILES string of the molecule is Cc1ccc(F)c(C(Cl)c2cc(C)c(Cl)cc2C)c1. The highest BCUT2D eigenvalue weighted by molar-refractivity contribution is 6.31. The third-order valence-electron chi connectivity index (χ3n) is 3.24. The fraction of sp³-hybridized carbons (Fsp3) is 0.250. The molecular weight excluding hydrogens is 282 g/mol. The second-order valence-corrected chi connectivity index (χ2v) is 5.69. The van der Waals surface area contributed by atoms with Crippen LogP contribution < -0.4 is 0 Å². The maximum Gasteiger partial charge on any atom is 0.128 e. The van der Waals surface area contributed by atoms with Crippen LogP contribution in [0.5, 0.6) is 0 Å². The predicted octanol–water partition coefficient (Wildman–Crippen LogP) is 5.73. The van der Waals surface area contributed by atoms with Crippen LogP contribution in [0.15, 0.2) is 30.3 Å². The summed E-state index contributed by atoms with van der Waals surface area (Å²) >= 11 is 12.5. The van der Waals surface area contributed by atoms with E-state index in [0.29, 0.717) is 10.6 Å². The number of halogens is 3. The highest BCUT2D eigenvalue weighted by atomic mass is 35.5. The molecule has 0 saturated heterocycles. The van der Waals surface area contributed by atoms with Gasteiger partial charge in [-0.05, 0) is 49.6 Å². The normalized spacial score (nSPS) is 12.5. The van der Waals surface area contributed by atoms with Crippen molar-refractivity contribution in [3.8, 4) is 0 Å². The Hall–Kier alpha value is -1.05. The van der Waals surface area contributed by atoms with Crippen molar-refractivity contribution in [2.75, 3.05) is 0 Å². The molecule has 0 N–H and O–H groups in total. The minimum atomic E-state index is -0.504. The number of benzene rings is 2. The van der Waals surface area contributed by atoms with Crippen LogP contribution in [0, 0.1) is 26.6 Å². The summed E-state index contributed by atoms with van der Waals surface area (Å²) in [5, 5.41) is 0.200. The molecule has 0 nitrogen and oxygen atoms in total. The van der Waals surface area contributed by atoms with E-state index in [0.717, 1.165) is 22.3 Å². The molecule has 0 heterocycles. The Labute approximate surface area is 123 Å². The number of aryl methyl sites for hydroxylation is 3. The monoisotopic (exact) mass is 296 g/mol. The van der Waals surface area contributed by atoms with Gasteiger partial charge in [0, 0.05) is 10.6 Å². The minimum Gasteiger partial charge on any atom is -0.207 e. The molecular formula is C16H15Cl2F. The zero-order chi connectivity index (χ0) is 14.2. The number of hydrogen-bond acceptors (Lipinski definition) is 0. The van der Waals surface area contributed by atoms with Crippen molar-refractivity contribution in [1.29, 1.82) is 0 Å². The average molecular weight is 297 g/mol. The summed E-state index contributed by atoms with van der Waals surface area (Å²) in [7, 11) is 0. The van der Waals surface area contributed by atoms with Crippen LogP contribution in [0.3, 0.4) is 0 Å². The molecule has 0 aliphatic rings. The predicted molar refractivity (Wildman–Crippen MR) is 79.8 cm³/mol. The van der Waals surface area contributed by atoms with Crippen molar-refractivity contribution < 1.29 is 4.39 Å². The molecule has 1 unspecified atom stereocenters. The largest absolute Gasteiger partial charge is 0.207 e. The highest BCUT2D eigenvalue weighted by Crippen LogP contribution is 2.35. The standard InChI is InChI=1S/C16H15Cl2F/c1-9-4-5-15(19)13(6-9)16(18)12-7-11(3)14(17)8-10(12)2/h4-8,16H,1-3H3. The zero-order valence-electron chi connectivity index (χ0n) is 11.1. The molecule has 2 aromatic rings. The molecule has 0 amide bonds. The van der Waals surface area contributed by atoms with Gasteiger partial charge in [-0.25, -0.2) is 4.39 Å². The lowest BCUT2D eigenvalue weighted by atomic mass is 9.97. The lowest BCUT2D eigenvalue weighted by Gasteiger charge is -2.16. The smallest absolute Gasteiger partial charge is 0.128 e. The summed E-state index contributed by atoms with van der Waals surface area (Å²) in [5.41, 5.74) is 4.31. The Morgan fingerprint density at radius 3 is 2.32 bits per heavy atom. The Bertz CT molecular complexity index is 620. The van der Waals surface area contributed by atoms with E-state index in [9.17, 15) is 4.39 Å². The van der Waals surface area contributed by atoms with Crippen LogP contribution in [-0.4, -0.2) is 0 Å². The first-order valence-corrected chi connectivity index (χ1v) is 6.88. The van der Waals surface area contributed by atoms with Crippen LogP contribution in [0.4, 0.5) is 4.39 Å². The van der Waals surface area contributed by atoms with Gasteiger partial charge in [0.05, 0.1) is 5.38 Å². The molecule has 1 atom stereocenters.